The van der Waals surface area contributed by atoms with Crippen molar-refractivity contribution in [1.29, 1.82) is 0 Å². The Kier molecular flexibility index (Phi) is 52.3. The first kappa shape index (κ1) is 63.1. The molecule has 6 nitrogen and oxygen atoms in total. The lowest BCUT2D eigenvalue weighted by Crippen LogP contribution is -2.30. The van der Waals surface area contributed by atoms with Gasteiger partial charge in [0.25, 0.3) is 0 Å². The molecular formula is C60H106O6. The molecule has 0 aliphatic heterocycles. The second-order valence-electron chi connectivity index (χ2n) is 18.8. The Hall–Kier alpha value is -2.89. The van der Waals surface area contributed by atoms with Crippen molar-refractivity contribution in [1.82, 2.24) is 0 Å². The van der Waals surface area contributed by atoms with Gasteiger partial charge in [-0.05, 0) is 77.0 Å². The van der Waals surface area contributed by atoms with Crippen molar-refractivity contribution in [3.05, 3.63) is 60.8 Å². The number of carbonyl (C=O) groups excluding carboxylic acids is 3. The summed E-state index contributed by atoms with van der Waals surface area (Å²) in [7, 11) is 0. The van der Waals surface area contributed by atoms with Crippen LogP contribution in [0.3, 0.4) is 0 Å². The van der Waals surface area contributed by atoms with Crippen molar-refractivity contribution in [3.8, 4) is 0 Å². The van der Waals surface area contributed by atoms with Gasteiger partial charge in [0.05, 0.1) is 0 Å². The molecule has 66 heavy (non-hydrogen) atoms. The lowest BCUT2D eigenvalue weighted by atomic mass is 10.0. The molecule has 1 unspecified atom stereocenters. The molecule has 0 aromatic carbocycles. The quantitative estimate of drug-likeness (QED) is 0.0262. The van der Waals surface area contributed by atoms with Crippen LogP contribution in [-0.4, -0.2) is 37.2 Å². The molecule has 0 saturated heterocycles. The van der Waals surface area contributed by atoms with Crippen LogP contribution in [0.2, 0.25) is 0 Å². The molecule has 0 spiro atoms. The highest BCUT2D eigenvalue weighted by molar-refractivity contribution is 5.71. The van der Waals surface area contributed by atoms with Gasteiger partial charge in [-0.15, -0.1) is 0 Å². The highest BCUT2D eigenvalue weighted by Gasteiger charge is 2.19. The van der Waals surface area contributed by atoms with Crippen LogP contribution in [0.5, 0.6) is 0 Å². The van der Waals surface area contributed by atoms with E-state index in [1.165, 1.54) is 148 Å². The number of esters is 3. The molecule has 0 radical (unpaired) electrons. The normalized spacial score (nSPS) is 12.5. The van der Waals surface area contributed by atoms with E-state index in [9.17, 15) is 14.4 Å². The van der Waals surface area contributed by atoms with Crippen molar-refractivity contribution in [2.45, 2.75) is 290 Å². The maximum atomic E-state index is 12.7. The van der Waals surface area contributed by atoms with Crippen LogP contribution in [0.4, 0.5) is 0 Å². The third-order valence-electron chi connectivity index (χ3n) is 12.3. The van der Waals surface area contributed by atoms with E-state index in [0.29, 0.717) is 19.3 Å². The lowest BCUT2D eigenvalue weighted by Gasteiger charge is -2.18. The van der Waals surface area contributed by atoms with Crippen LogP contribution in [0.1, 0.15) is 284 Å². The maximum Gasteiger partial charge on any atom is 0.306 e. The minimum atomic E-state index is -0.772. The topological polar surface area (TPSA) is 78.9 Å². The van der Waals surface area contributed by atoms with E-state index in [0.717, 1.165) is 96.3 Å². The molecule has 0 N–H and O–H groups in total. The summed E-state index contributed by atoms with van der Waals surface area (Å²) in [6, 6.07) is 0. The summed E-state index contributed by atoms with van der Waals surface area (Å²) in [4.78, 5) is 37.8. The molecule has 0 aromatic heterocycles. The Bertz CT molecular complexity index is 1200. The van der Waals surface area contributed by atoms with Crippen LogP contribution in [0, 0.1) is 0 Å². The summed E-state index contributed by atoms with van der Waals surface area (Å²) in [5.41, 5.74) is 0. The monoisotopic (exact) mass is 923 g/mol. The standard InChI is InChI=1S/C60H106O6/c1-4-7-10-13-16-19-21-22-23-24-25-26-27-28-29-30-31-32-33-34-35-36-37-38-40-41-44-47-50-53-59(62)65-56-57(55-64-58(61)52-49-46-43-18-15-12-9-6-3)66-60(63)54-51-48-45-42-39-20-17-14-11-8-5-2/h7,10,14,16-17,19,22-23,25-26,57H,4-6,8-9,11-13,15,18,20-21,24,27-56H2,1-3H3/b10-7-,17-14-,19-16-,23-22-,26-25-. The number of hydrogen-bond donors (Lipinski definition) is 0. The average molecular weight is 924 g/mol. The molecule has 0 amide bonds. The summed E-state index contributed by atoms with van der Waals surface area (Å²) in [5, 5.41) is 0. The number of carbonyl (C=O) groups is 3. The summed E-state index contributed by atoms with van der Waals surface area (Å²) in [6.45, 7) is 6.47. The van der Waals surface area contributed by atoms with E-state index < -0.39 is 6.10 Å². The van der Waals surface area contributed by atoms with Gasteiger partial charge in [-0.1, -0.05) is 248 Å². The fourth-order valence-corrected chi connectivity index (χ4v) is 8.00. The lowest BCUT2D eigenvalue weighted by molar-refractivity contribution is -0.167. The number of ether oxygens (including phenoxy) is 3. The van der Waals surface area contributed by atoms with Gasteiger partial charge in [0.15, 0.2) is 6.10 Å². The second-order valence-corrected chi connectivity index (χ2v) is 18.8. The summed E-state index contributed by atoms with van der Waals surface area (Å²) in [5.74, 6) is -0.880. The minimum absolute atomic E-state index is 0.0741. The highest BCUT2D eigenvalue weighted by Crippen LogP contribution is 2.16. The maximum absolute atomic E-state index is 12.7. The summed E-state index contributed by atoms with van der Waals surface area (Å²) < 4.78 is 16.8. The van der Waals surface area contributed by atoms with Gasteiger partial charge in [-0.25, -0.2) is 0 Å². The molecule has 0 heterocycles. The van der Waals surface area contributed by atoms with Gasteiger partial charge in [0, 0.05) is 19.3 Å². The van der Waals surface area contributed by atoms with E-state index in [1.807, 2.05) is 0 Å². The molecule has 0 saturated carbocycles. The molecule has 6 heteroatoms. The molecule has 0 bridgehead atoms. The first-order chi connectivity index (χ1) is 32.5. The first-order valence-electron chi connectivity index (χ1n) is 28.3. The number of rotatable bonds is 51. The Balaban J connectivity index is 4.04. The Morgan fingerprint density at radius 3 is 0.985 bits per heavy atom. The van der Waals surface area contributed by atoms with Gasteiger partial charge < -0.3 is 14.2 Å². The third kappa shape index (κ3) is 52.1. The second kappa shape index (κ2) is 54.7. The van der Waals surface area contributed by atoms with Crippen molar-refractivity contribution >= 4 is 17.9 Å². The third-order valence-corrected chi connectivity index (χ3v) is 12.3. The molecular weight excluding hydrogens is 817 g/mol. The van der Waals surface area contributed by atoms with Crippen LogP contribution in [-0.2, 0) is 28.6 Å². The van der Waals surface area contributed by atoms with E-state index >= 15 is 0 Å². The van der Waals surface area contributed by atoms with E-state index in [-0.39, 0.29) is 31.1 Å². The first-order valence-corrected chi connectivity index (χ1v) is 28.3. The van der Waals surface area contributed by atoms with Crippen molar-refractivity contribution < 1.29 is 28.6 Å². The Labute approximate surface area is 409 Å². The molecule has 382 valence electrons. The van der Waals surface area contributed by atoms with Crippen LogP contribution >= 0.6 is 0 Å². The molecule has 1 atom stereocenters. The smallest absolute Gasteiger partial charge is 0.306 e. The van der Waals surface area contributed by atoms with Crippen molar-refractivity contribution in [3.63, 3.8) is 0 Å². The average Bonchev–Trinajstić information content (AvgIpc) is 3.31. The van der Waals surface area contributed by atoms with Crippen LogP contribution < -0.4 is 0 Å². The van der Waals surface area contributed by atoms with Gasteiger partial charge in [-0.2, -0.15) is 0 Å². The zero-order valence-electron chi connectivity index (χ0n) is 43.7. The van der Waals surface area contributed by atoms with Crippen molar-refractivity contribution in [2.75, 3.05) is 13.2 Å². The number of allylic oxidation sites excluding steroid dienone is 10. The van der Waals surface area contributed by atoms with E-state index in [4.69, 9.17) is 14.2 Å². The Morgan fingerprint density at radius 1 is 0.318 bits per heavy atom. The predicted octanol–water partition coefficient (Wildman–Crippen LogP) is 18.8. The number of unbranched alkanes of at least 4 members (excludes halogenated alkanes) is 30. The molecule has 0 aliphatic carbocycles. The fourth-order valence-electron chi connectivity index (χ4n) is 8.00. The highest BCUT2D eigenvalue weighted by atomic mass is 16.6. The predicted molar refractivity (Wildman–Crippen MR) is 284 cm³/mol. The number of hydrogen-bond acceptors (Lipinski definition) is 6. The Morgan fingerprint density at radius 2 is 0.606 bits per heavy atom. The zero-order valence-corrected chi connectivity index (χ0v) is 43.7. The van der Waals surface area contributed by atoms with Gasteiger partial charge in [0.1, 0.15) is 13.2 Å². The van der Waals surface area contributed by atoms with E-state index in [1.54, 1.807) is 0 Å². The summed E-state index contributed by atoms with van der Waals surface area (Å²) >= 11 is 0. The van der Waals surface area contributed by atoms with Crippen LogP contribution in [0.15, 0.2) is 60.8 Å². The van der Waals surface area contributed by atoms with Gasteiger partial charge in [-0.3, -0.25) is 14.4 Å². The minimum Gasteiger partial charge on any atom is -0.462 e. The van der Waals surface area contributed by atoms with Crippen LogP contribution in [0.25, 0.3) is 0 Å². The molecule has 0 rings (SSSR count). The largest absolute Gasteiger partial charge is 0.462 e. The van der Waals surface area contributed by atoms with Crippen molar-refractivity contribution in [2.24, 2.45) is 0 Å². The van der Waals surface area contributed by atoms with Gasteiger partial charge >= 0.3 is 17.9 Å². The van der Waals surface area contributed by atoms with Gasteiger partial charge in [0.2, 0.25) is 0 Å². The fraction of sp³-hybridized carbons (Fsp3) is 0.783. The van der Waals surface area contributed by atoms with E-state index in [2.05, 4.69) is 81.5 Å². The molecule has 0 aliphatic rings. The zero-order chi connectivity index (χ0) is 47.9. The summed E-state index contributed by atoms with van der Waals surface area (Å²) in [6.07, 6.45) is 68.2. The molecule has 0 fully saturated rings. The molecule has 0 aromatic rings. The SMILES string of the molecule is CC/C=C\C/C=C\C/C=C\C/C=C\CCCCCCCCCCCCCCCCCCC(=O)OCC(COC(=O)CCCCCCCCCC)OC(=O)CCCCCCC/C=C\CCCC.